The van der Waals surface area contributed by atoms with Crippen LogP contribution in [0.25, 0.3) is 0 Å². The molecule has 1 aliphatic carbocycles. The highest BCUT2D eigenvalue weighted by molar-refractivity contribution is 4.97. The minimum absolute atomic E-state index is 1.000. The molecule has 2 aliphatic rings. The molecule has 1 saturated carbocycles. The predicted octanol–water partition coefficient (Wildman–Crippen LogP) is 1.74. The van der Waals surface area contributed by atoms with E-state index in [2.05, 4.69) is 5.32 Å². The Bertz CT molecular complexity index is 89.3. The first-order chi connectivity index (χ1) is 4.95. The Morgan fingerprint density at radius 1 is 1.20 bits per heavy atom. The van der Waals surface area contributed by atoms with Crippen LogP contribution in [0.2, 0.25) is 0 Å². The van der Waals surface area contributed by atoms with E-state index < -0.39 is 0 Å². The second kappa shape index (κ2) is 2.91. The van der Waals surface area contributed by atoms with Crippen LogP contribution in [0.4, 0.5) is 0 Å². The third kappa shape index (κ3) is 1.34. The summed E-state index contributed by atoms with van der Waals surface area (Å²) in [5, 5.41) is 3.51. The minimum atomic E-state index is 1.000. The summed E-state index contributed by atoms with van der Waals surface area (Å²) in [6.45, 7) is 2.50. The summed E-state index contributed by atoms with van der Waals surface area (Å²) in [4.78, 5) is 0. The van der Waals surface area contributed by atoms with Crippen LogP contribution in [0.5, 0.6) is 0 Å². The monoisotopic (exact) mass is 138 g/mol. The summed E-state index contributed by atoms with van der Waals surface area (Å²) < 4.78 is 0. The predicted molar refractivity (Wildman–Crippen MR) is 42.7 cm³/mol. The first-order valence-corrected chi connectivity index (χ1v) is 4.49. The molecule has 1 atom stereocenters. The van der Waals surface area contributed by atoms with Crippen molar-refractivity contribution in [1.82, 2.24) is 5.32 Å². The van der Waals surface area contributed by atoms with Gasteiger partial charge in [0.1, 0.15) is 0 Å². The first-order valence-electron chi connectivity index (χ1n) is 4.49. The lowest BCUT2D eigenvalue weighted by molar-refractivity contribution is 0.439. The van der Waals surface area contributed by atoms with Crippen LogP contribution in [0.3, 0.4) is 0 Å². The van der Waals surface area contributed by atoms with Crippen LogP contribution in [-0.4, -0.2) is 13.1 Å². The van der Waals surface area contributed by atoms with Crippen molar-refractivity contribution in [2.45, 2.75) is 32.1 Å². The van der Waals surface area contributed by atoms with Gasteiger partial charge in [0.2, 0.25) is 0 Å². The molecule has 2 rings (SSSR count). The second-order valence-electron chi connectivity index (χ2n) is 3.68. The molecule has 0 aromatic rings. The molecule has 57 valence electrons. The fraction of sp³-hybridized carbons (Fsp3) is 0.889. The molecule has 0 aromatic heterocycles. The largest absolute Gasteiger partial charge is 0.316 e. The number of fused-ring (bicyclic) bond motifs is 3. The van der Waals surface area contributed by atoms with Gasteiger partial charge in [-0.1, -0.05) is 6.42 Å². The summed E-state index contributed by atoms with van der Waals surface area (Å²) in [6.07, 6.45) is 7.21. The maximum Gasteiger partial charge on any atom is 0.00137 e. The van der Waals surface area contributed by atoms with Crippen molar-refractivity contribution in [3.05, 3.63) is 5.92 Å². The minimum Gasteiger partial charge on any atom is -0.316 e. The van der Waals surface area contributed by atoms with E-state index in [1.807, 2.05) is 0 Å². The van der Waals surface area contributed by atoms with Crippen LogP contribution in [0, 0.1) is 11.8 Å². The van der Waals surface area contributed by atoms with Crippen molar-refractivity contribution < 1.29 is 0 Å². The van der Waals surface area contributed by atoms with Gasteiger partial charge in [-0.3, -0.25) is 0 Å². The van der Waals surface area contributed by atoms with Gasteiger partial charge < -0.3 is 5.32 Å². The third-order valence-electron chi connectivity index (χ3n) is 2.86. The highest BCUT2D eigenvalue weighted by atomic mass is 14.9. The molecule has 2 fully saturated rings. The molecule has 1 N–H and O–H groups in total. The molecule has 2 bridgehead atoms. The lowest BCUT2D eigenvalue weighted by Crippen LogP contribution is -2.25. The van der Waals surface area contributed by atoms with Crippen molar-refractivity contribution in [2.75, 3.05) is 13.1 Å². The highest BCUT2D eigenvalue weighted by Gasteiger charge is 2.22. The smallest absolute Gasteiger partial charge is 0.00137 e. The average Bonchev–Trinajstić information content (AvgIpc) is 2.17. The Morgan fingerprint density at radius 2 is 2.20 bits per heavy atom. The van der Waals surface area contributed by atoms with Crippen LogP contribution < -0.4 is 5.32 Å². The van der Waals surface area contributed by atoms with Gasteiger partial charge in [-0.05, 0) is 44.1 Å². The molecule has 0 spiro atoms. The summed E-state index contributed by atoms with van der Waals surface area (Å²) in [5.74, 6) is 2.78. The van der Waals surface area contributed by atoms with Crippen LogP contribution in [0.1, 0.15) is 32.1 Å². The van der Waals surface area contributed by atoms with E-state index in [4.69, 9.17) is 0 Å². The molecule has 1 radical (unpaired) electrons. The topological polar surface area (TPSA) is 12.0 Å². The fourth-order valence-corrected chi connectivity index (χ4v) is 2.15. The van der Waals surface area contributed by atoms with Crippen LogP contribution >= 0.6 is 0 Å². The molecule has 1 unspecified atom stereocenters. The first kappa shape index (κ1) is 6.66. The van der Waals surface area contributed by atoms with E-state index in [-0.39, 0.29) is 0 Å². The zero-order chi connectivity index (χ0) is 6.81. The van der Waals surface area contributed by atoms with E-state index >= 15 is 0 Å². The quantitative estimate of drug-likeness (QED) is 0.537. The highest BCUT2D eigenvalue weighted by Crippen LogP contribution is 2.29. The van der Waals surface area contributed by atoms with E-state index in [1.165, 1.54) is 45.2 Å². The summed E-state index contributed by atoms with van der Waals surface area (Å²) in [6, 6.07) is 0. The van der Waals surface area contributed by atoms with Crippen molar-refractivity contribution in [2.24, 2.45) is 5.92 Å². The van der Waals surface area contributed by atoms with Crippen molar-refractivity contribution in [3.63, 3.8) is 0 Å². The van der Waals surface area contributed by atoms with Crippen molar-refractivity contribution in [1.29, 1.82) is 0 Å². The van der Waals surface area contributed by atoms with Gasteiger partial charge in [0.05, 0.1) is 0 Å². The Labute approximate surface area is 63.2 Å². The summed E-state index contributed by atoms with van der Waals surface area (Å²) >= 11 is 0. The Hall–Kier alpha value is -0.0400. The molecule has 1 saturated heterocycles. The van der Waals surface area contributed by atoms with Gasteiger partial charge in [-0.15, -0.1) is 0 Å². The van der Waals surface area contributed by atoms with E-state index in [0.717, 1.165) is 5.92 Å². The lowest BCUT2D eigenvalue weighted by atomic mass is 10.0. The fourth-order valence-electron chi connectivity index (χ4n) is 2.15. The third-order valence-corrected chi connectivity index (χ3v) is 2.86. The number of nitrogens with one attached hydrogen (secondary N) is 1. The Kier molecular flexibility index (Phi) is 1.94. The van der Waals surface area contributed by atoms with Gasteiger partial charge in [0.25, 0.3) is 0 Å². The molecule has 1 heteroatoms. The van der Waals surface area contributed by atoms with Crippen LogP contribution in [-0.2, 0) is 0 Å². The zero-order valence-electron chi connectivity index (χ0n) is 6.53. The van der Waals surface area contributed by atoms with Gasteiger partial charge in [0, 0.05) is 6.54 Å². The Morgan fingerprint density at radius 3 is 3.20 bits per heavy atom. The standard InChI is InChI=1S/C9H16N/c1-2-8-4-5-9(3-1)7-10-6-8/h8,10H,1-7H2. The summed E-state index contributed by atoms with van der Waals surface area (Å²) in [5.41, 5.74) is 0. The molecule has 1 nitrogen and oxygen atoms in total. The SMILES string of the molecule is C1C[C]2CCC(C1)CNC2. The van der Waals surface area contributed by atoms with Crippen molar-refractivity contribution in [3.8, 4) is 0 Å². The van der Waals surface area contributed by atoms with Gasteiger partial charge in [-0.25, -0.2) is 0 Å². The molecule has 0 amide bonds. The molecular formula is C9H16N. The van der Waals surface area contributed by atoms with Crippen molar-refractivity contribution >= 4 is 0 Å². The van der Waals surface area contributed by atoms with Gasteiger partial charge in [-0.2, -0.15) is 0 Å². The molecule has 0 aromatic carbocycles. The van der Waals surface area contributed by atoms with Gasteiger partial charge >= 0.3 is 0 Å². The lowest BCUT2D eigenvalue weighted by Gasteiger charge is -2.15. The molecular weight excluding hydrogens is 122 g/mol. The zero-order valence-corrected chi connectivity index (χ0v) is 6.53. The van der Waals surface area contributed by atoms with Crippen LogP contribution in [0.15, 0.2) is 0 Å². The molecule has 1 aliphatic heterocycles. The number of rotatable bonds is 0. The normalized spacial score (nSPS) is 35.4. The van der Waals surface area contributed by atoms with E-state index in [0.29, 0.717) is 0 Å². The Balaban J connectivity index is 2.01. The molecule has 1 heterocycles. The van der Waals surface area contributed by atoms with Gasteiger partial charge in [0.15, 0.2) is 0 Å². The number of hydrogen-bond donors (Lipinski definition) is 1. The summed E-state index contributed by atoms with van der Waals surface area (Å²) in [7, 11) is 0. The van der Waals surface area contributed by atoms with E-state index in [9.17, 15) is 0 Å². The maximum absolute atomic E-state index is 3.51. The average molecular weight is 138 g/mol. The number of hydrogen-bond acceptors (Lipinski definition) is 1. The molecule has 10 heavy (non-hydrogen) atoms. The second-order valence-corrected chi connectivity index (χ2v) is 3.68. The van der Waals surface area contributed by atoms with E-state index in [1.54, 1.807) is 5.92 Å². The maximum atomic E-state index is 3.51.